The third-order valence-corrected chi connectivity index (χ3v) is 5.38. The minimum Gasteiger partial charge on any atom is -0.393 e. The van der Waals surface area contributed by atoms with Gasteiger partial charge < -0.3 is 5.11 Å². The van der Waals surface area contributed by atoms with Crippen LogP contribution in [0.1, 0.15) is 51.4 Å². The molecule has 1 spiro atoms. The van der Waals surface area contributed by atoms with E-state index in [-0.39, 0.29) is 6.10 Å². The summed E-state index contributed by atoms with van der Waals surface area (Å²) in [6, 6.07) is 0.453. The summed E-state index contributed by atoms with van der Waals surface area (Å²) in [5.74, 6) is 0. The highest BCUT2D eigenvalue weighted by Gasteiger charge is 2.48. The Morgan fingerprint density at radius 2 is 1.88 bits per heavy atom. The molecular weight excluding hydrogens is 217 g/mol. The van der Waals surface area contributed by atoms with Gasteiger partial charge in [-0.2, -0.15) is 0 Å². The average molecular weight is 241 g/mol. The fraction of sp³-hybridized carbons (Fsp3) is 1.00. The van der Waals surface area contributed by atoms with Crippen molar-refractivity contribution >= 4 is 0 Å². The molecule has 1 saturated heterocycles. The number of nitrogens with zero attached hydrogens (tertiary/aromatic N) is 1. The third-order valence-electron chi connectivity index (χ3n) is 5.38. The number of halogens is 1. The van der Waals surface area contributed by atoms with Gasteiger partial charge in [0, 0.05) is 19.1 Å². The van der Waals surface area contributed by atoms with E-state index < -0.39 is 6.17 Å². The normalized spacial score (nSPS) is 42.4. The van der Waals surface area contributed by atoms with E-state index in [9.17, 15) is 9.50 Å². The van der Waals surface area contributed by atoms with Gasteiger partial charge in [-0.1, -0.05) is 12.8 Å². The van der Waals surface area contributed by atoms with E-state index in [1.165, 1.54) is 25.7 Å². The van der Waals surface area contributed by atoms with Gasteiger partial charge in [-0.05, 0) is 43.9 Å². The monoisotopic (exact) mass is 241 g/mol. The van der Waals surface area contributed by atoms with Gasteiger partial charge >= 0.3 is 0 Å². The van der Waals surface area contributed by atoms with Crippen molar-refractivity contribution in [2.24, 2.45) is 5.41 Å². The maximum Gasteiger partial charge on any atom is 0.114 e. The molecule has 1 heterocycles. The Kier molecular flexibility index (Phi) is 3.16. The molecule has 1 aliphatic heterocycles. The SMILES string of the molecule is OC1CCC2(CCCC2)C(N2CCC(F)C2)C1. The zero-order valence-electron chi connectivity index (χ0n) is 10.6. The van der Waals surface area contributed by atoms with E-state index in [0.29, 0.717) is 24.4 Å². The van der Waals surface area contributed by atoms with Gasteiger partial charge in [-0.3, -0.25) is 4.90 Å². The van der Waals surface area contributed by atoms with Crippen molar-refractivity contribution < 1.29 is 9.50 Å². The van der Waals surface area contributed by atoms with Gasteiger partial charge in [0.15, 0.2) is 0 Å². The van der Waals surface area contributed by atoms with Crippen LogP contribution in [-0.2, 0) is 0 Å². The van der Waals surface area contributed by atoms with Crippen LogP contribution in [0.2, 0.25) is 0 Å². The van der Waals surface area contributed by atoms with Gasteiger partial charge in [0.05, 0.1) is 6.10 Å². The Hall–Kier alpha value is -0.150. The quantitative estimate of drug-likeness (QED) is 0.762. The number of hydrogen-bond acceptors (Lipinski definition) is 2. The lowest BCUT2D eigenvalue weighted by molar-refractivity contribution is -0.0195. The molecule has 0 bridgehead atoms. The van der Waals surface area contributed by atoms with Gasteiger partial charge in [-0.25, -0.2) is 4.39 Å². The molecule has 2 saturated carbocycles. The van der Waals surface area contributed by atoms with E-state index in [2.05, 4.69) is 4.90 Å². The third kappa shape index (κ3) is 2.12. The van der Waals surface area contributed by atoms with Crippen LogP contribution in [0.15, 0.2) is 0 Å². The van der Waals surface area contributed by atoms with Crippen LogP contribution in [0.25, 0.3) is 0 Å². The molecule has 2 nitrogen and oxygen atoms in total. The maximum atomic E-state index is 13.4. The molecule has 0 aromatic heterocycles. The smallest absolute Gasteiger partial charge is 0.114 e. The molecule has 3 rings (SSSR count). The lowest BCUT2D eigenvalue weighted by atomic mass is 9.67. The van der Waals surface area contributed by atoms with Crippen molar-refractivity contribution in [2.45, 2.75) is 69.7 Å². The van der Waals surface area contributed by atoms with Gasteiger partial charge in [0.2, 0.25) is 0 Å². The number of aliphatic hydroxyl groups is 1. The molecule has 98 valence electrons. The van der Waals surface area contributed by atoms with Crippen molar-refractivity contribution in [3.8, 4) is 0 Å². The summed E-state index contributed by atoms with van der Waals surface area (Å²) in [6.07, 6.45) is 8.19. The Bertz CT molecular complexity index is 277. The minimum absolute atomic E-state index is 0.148. The highest BCUT2D eigenvalue weighted by Crippen LogP contribution is 2.51. The fourth-order valence-electron chi connectivity index (χ4n) is 4.47. The second kappa shape index (κ2) is 4.51. The van der Waals surface area contributed by atoms with Crippen molar-refractivity contribution in [2.75, 3.05) is 13.1 Å². The zero-order valence-corrected chi connectivity index (χ0v) is 10.6. The van der Waals surface area contributed by atoms with Crippen LogP contribution >= 0.6 is 0 Å². The van der Waals surface area contributed by atoms with Gasteiger partial charge in [0.25, 0.3) is 0 Å². The van der Waals surface area contributed by atoms with Crippen LogP contribution in [0.5, 0.6) is 0 Å². The molecule has 3 atom stereocenters. The molecule has 3 unspecified atom stereocenters. The van der Waals surface area contributed by atoms with Crippen LogP contribution in [0.4, 0.5) is 4.39 Å². The Balaban J connectivity index is 1.77. The Morgan fingerprint density at radius 3 is 2.53 bits per heavy atom. The molecule has 0 radical (unpaired) electrons. The van der Waals surface area contributed by atoms with Crippen molar-refractivity contribution in [3.05, 3.63) is 0 Å². The summed E-state index contributed by atoms with van der Waals surface area (Å²) in [4.78, 5) is 2.35. The molecule has 3 aliphatic rings. The van der Waals surface area contributed by atoms with E-state index in [4.69, 9.17) is 0 Å². The molecule has 2 aliphatic carbocycles. The highest BCUT2D eigenvalue weighted by atomic mass is 19.1. The summed E-state index contributed by atoms with van der Waals surface area (Å²) >= 11 is 0. The zero-order chi connectivity index (χ0) is 11.9. The Labute approximate surface area is 103 Å². The second-order valence-corrected chi connectivity index (χ2v) is 6.39. The summed E-state index contributed by atoms with van der Waals surface area (Å²) in [5, 5.41) is 9.93. The van der Waals surface area contributed by atoms with E-state index in [0.717, 1.165) is 25.8 Å². The van der Waals surface area contributed by atoms with Crippen molar-refractivity contribution in [3.63, 3.8) is 0 Å². The van der Waals surface area contributed by atoms with Crippen molar-refractivity contribution in [1.29, 1.82) is 0 Å². The average Bonchev–Trinajstić information content (AvgIpc) is 2.93. The number of likely N-dealkylation sites (tertiary alicyclic amines) is 1. The van der Waals surface area contributed by atoms with Gasteiger partial charge in [0.1, 0.15) is 6.17 Å². The number of aliphatic hydroxyl groups excluding tert-OH is 1. The molecule has 0 aromatic carbocycles. The molecular formula is C14H24FNO. The topological polar surface area (TPSA) is 23.5 Å². The summed E-state index contributed by atoms with van der Waals surface area (Å²) in [6.45, 7) is 1.51. The molecule has 0 aromatic rings. The van der Waals surface area contributed by atoms with E-state index in [1.807, 2.05) is 0 Å². The molecule has 3 fully saturated rings. The summed E-state index contributed by atoms with van der Waals surface area (Å²) in [7, 11) is 0. The first kappa shape index (κ1) is 11.9. The maximum absolute atomic E-state index is 13.4. The fourth-order valence-corrected chi connectivity index (χ4v) is 4.47. The number of rotatable bonds is 1. The van der Waals surface area contributed by atoms with E-state index in [1.54, 1.807) is 0 Å². The molecule has 0 amide bonds. The standard InChI is InChI=1S/C14H24FNO/c15-11-4-8-16(10-11)13-9-12(17)3-7-14(13)5-1-2-6-14/h11-13,17H,1-10H2. The van der Waals surface area contributed by atoms with E-state index >= 15 is 0 Å². The predicted octanol–water partition coefficient (Wildman–Crippen LogP) is 2.50. The van der Waals surface area contributed by atoms with Crippen LogP contribution in [0, 0.1) is 5.41 Å². The number of hydrogen-bond donors (Lipinski definition) is 1. The first-order valence-electron chi connectivity index (χ1n) is 7.26. The summed E-state index contributed by atoms with van der Waals surface area (Å²) < 4.78 is 13.4. The number of alkyl halides is 1. The largest absolute Gasteiger partial charge is 0.393 e. The van der Waals surface area contributed by atoms with Crippen LogP contribution in [-0.4, -0.2) is 41.4 Å². The second-order valence-electron chi connectivity index (χ2n) is 6.39. The first-order chi connectivity index (χ1) is 8.20. The first-order valence-corrected chi connectivity index (χ1v) is 7.26. The van der Waals surface area contributed by atoms with Crippen molar-refractivity contribution in [1.82, 2.24) is 4.90 Å². The molecule has 1 N–H and O–H groups in total. The predicted molar refractivity (Wildman–Crippen MR) is 65.6 cm³/mol. The van der Waals surface area contributed by atoms with Crippen LogP contribution < -0.4 is 0 Å². The lowest BCUT2D eigenvalue weighted by Gasteiger charge is -2.47. The molecule has 17 heavy (non-hydrogen) atoms. The minimum atomic E-state index is -0.632. The van der Waals surface area contributed by atoms with Gasteiger partial charge in [-0.15, -0.1) is 0 Å². The Morgan fingerprint density at radius 1 is 1.12 bits per heavy atom. The van der Waals surface area contributed by atoms with Crippen LogP contribution in [0.3, 0.4) is 0 Å². The summed E-state index contributed by atoms with van der Waals surface area (Å²) in [5.41, 5.74) is 0.420. The highest BCUT2D eigenvalue weighted by molar-refractivity contribution is 5.01. The lowest BCUT2D eigenvalue weighted by Crippen LogP contribution is -2.50. The molecule has 3 heteroatoms.